The third-order valence-corrected chi connectivity index (χ3v) is 1.85. The van der Waals surface area contributed by atoms with Crippen molar-refractivity contribution in [2.75, 3.05) is 0 Å². The number of rotatable bonds is 0. The summed E-state index contributed by atoms with van der Waals surface area (Å²) in [7, 11) is 0. The molecule has 1 heterocycles. The van der Waals surface area contributed by atoms with Crippen LogP contribution in [-0.4, -0.2) is 5.11 Å². The molecule has 0 radical (unpaired) electrons. The van der Waals surface area contributed by atoms with E-state index in [0.29, 0.717) is 4.88 Å². The van der Waals surface area contributed by atoms with Gasteiger partial charge in [0.1, 0.15) is 0 Å². The molecule has 0 atom stereocenters. The first-order valence-corrected chi connectivity index (χ1v) is 3.37. The summed E-state index contributed by atoms with van der Waals surface area (Å²) >= 11 is 1.36. The minimum absolute atomic E-state index is 0.123. The van der Waals surface area contributed by atoms with E-state index in [2.05, 4.69) is 0 Å². The Hall–Kier alpha value is -0.830. The van der Waals surface area contributed by atoms with Crippen molar-refractivity contribution >= 4 is 11.3 Å². The van der Waals surface area contributed by atoms with Gasteiger partial charge in [-0.3, -0.25) is 4.79 Å². The van der Waals surface area contributed by atoms with Gasteiger partial charge in [-0.1, -0.05) is 0 Å². The summed E-state index contributed by atoms with van der Waals surface area (Å²) in [5, 5.41) is 10.6. The fourth-order valence-electron chi connectivity index (χ4n) is 0.506. The Labute approximate surface area is 56.4 Å². The van der Waals surface area contributed by atoms with Crippen molar-refractivity contribution in [3.05, 3.63) is 26.5 Å². The zero-order valence-electron chi connectivity index (χ0n) is 4.92. The topological polar surface area (TPSA) is 37.3 Å². The minimum Gasteiger partial charge on any atom is -0.503 e. The fourth-order valence-corrected chi connectivity index (χ4v) is 1.11. The van der Waals surface area contributed by atoms with E-state index in [4.69, 9.17) is 5.11 Å². The number of aryl methyl sites for hydroxylation is 1. The summed E-state index contributed by atoms with van der Waals surface area (Å²) in [5.41, 5.74) is -0.300. The van der Waals surface area contributed by atoms with Crippen LogP contribution >= 0.6 is 11.3 Å². The Bertz CT molecular complexity index is 264. The average Bonchev–Trinajstić information content (AvgIpc) is 1.83. The highest BCUT2D eigenvalue weighted by atomic mass is 32.1. The summed E-state index contributed by atoms with van der Waals surface area (Å²) in [6.45, 7) is 1.71. The van der Waals surface area contributed by atoms with Crippen LogP contribution in [0.25, 0.3) is 0 Å². The van der Waals surface area contributed by atoms with Crippen LogP contribution < -0.4 is 5.43 Å². The largest absolute Gasteiger partial charge is 0.503 e. The van der Waals surface area contributed by atoms with Crippen LogP contribution in [0.15, 0.2) is 16.2 Å². The van der Waals surface area contributed by atoms with Gasteiger partial charge in [-0.25, -0.2) is 0 Å². The van der Waals surface area contributed by atoms with E-state index in [9.17, 15) is 4.79 Å². The zero-order chi connectivity index (χ0) is 6.85. The lowest BCUT2D eigenvalue weighted by Gasteiger charge is -1.90. The van der Waals surface area contributed by atoms with Crippen molar-refractivity contribution in [2.45, 2.75) is 6.92 Å². The molecule has 1 aromatic rings. The highest BCUT2D eigenvalue weighted by molar-refractivity contribution is 7.09. The van der Waals surface area contributed by atoms with Gasteiger partial charge in [0.15, 0.2) is 5.75 Å². The third kappa shape index (κ3) is 1.10. The molecular weight excluding hydrogens is 136 g/mol. The lowest BCUT2D eigenvalue weighted by atomic mass is 10.4. The van der Waals surface area contributed by atoms with E-state index >= 15 is 0 Å². The summed E-state index contributed by atoms with van der Waals surface area (Å²) < 4.78 is 0. The molecule has 1 aromatic heterocycles. The van der Waals surface area contributed by atoms with E-state index < -0.39 is 0 Å². The van der Waals surface area contributed by atoms with Crippen LogP contribution in [0.2, 0.25) is 0 Å². The highest BCUT2D eigenvalue weighted by Gasteiger charge is 1.96. The molecule has 48 valence electrons. The Balaban J connectivity index is 3.43. The summed E-state index contributed by atoms with van der Waals surface area (Å²) in [6.07, 6.45) is 0. The summed E-state index contributed by atoms with van der Waals surface area (Å²) in [6, 6.07) is 1.35. The molecule has 1 rings (SSSR count). The predicted molar refractivity (Wildman–Crippen MR) is 37.0 cm³/mol. The standard InChI is InChI=1S/C6H6O2S/c1-4-6(8)5(7)2-3-9-4/h2-3,8H,1H3. The van der Waals surface area contributed by atoms with E-state index in [1.54, 1.807) is 12.3 Å². The van der Waals surface area contributed by atoms with Gasteiger partial charge in [0.25, 0.3) is 0 Å². The zero-order valence-corrected chi connectivity index (χ0v) is 5.73. The molecule has 0 aliphatic heterocycles. The maximum absolute atomic E-state index is 10.6. The van der Waals surface area contributed by atoms with Gasteiger partial charge in [0.05, 0.1) is 0 Å². The second kappa shape index (κ2) is 2.19. The van der Waals surface area contributed by atoms with Gasteiger partial charge >= 0.3 is 0 Å². The molecule has 3 heteroatoms. The van der Waals surface area contributed by atoms with E-state index in [1.807, 2.05) is 0 Å². The average molecular weight is 142 g/mol. The minimum atomic E-state index is -0.300. The van der Waals surface area contributed by atoms with Gasteiger partial charge in [-0.2, -0.15) is 0 Å². The lowest BCUT2D eigenvalue weighted by Crippen LogP contribution is -1.95. The monoisotopic (exact) mass is 142 g/mol. The summed E-state index contributed by atoms with van der Waals surface area (Å²) in [5.74, 6) is -0.123. The van der Waals surface area contributed by atoms with Crippen molar-refractivity contribution in [1.82, 2.24) is 0 Å². The molecule has 0 aliphatic rings. The number of hydrogen-bond donors (Lipinski definition) is 1. The smallest absolute Gasteiger partial charge is 0.222 e. The Morgan fingerprint density at radius 1 is 1.67 bits per heavy atom. The molecule has 2 nitrogen and oxygen atoms in total. The normalized spacial score (nSPS) is 9.44. The molecule has 0 bridgehead atoms. The molecular formula is C6H6O2S. The molecule has 0 aliphatic carbocycles. The van der Waals surface area contributed by atoms with E-state index in [0.717, 1.165) is 0 Å². The van der Waals surface area contributed by atoms with Crippen molar-refractivity contribution in [2.24, 2.45) is 0 Å². The number of aromatic hydroxyl groups is 1. The second-order valence-electron chi connectivity index (χ2n) is 1.69. The molecule has 0 amide bonds. The molecule has 9 heavy (non-hydrogen) atoms. The Kier molecular flexibility index (Phi) is 1.53. The van der Waals surface area contributed by atoms with Crippen LogP contribution in [-0.2, 0) is 0 Å². The van der Waals surface area contributed by atoms with E-state index in [-0.39, 0.29) is 11.2 Å². The maximum atomic E-state index is 10.6. The maximum Gasteiger partial charge on any atom is 0.222 e. The SMILES string of the molecule is Cc1sccc(=O)c1O. The first-order chi connectivity index (χ1) is 4.22. The summed E-state index contributed by atoms with van der Waals surface area (Å²) in [4.78, 5) is 11.3. The first-order valence-electron chi connectivity index (χ1n) is 2.49. The van der Waals surface area contributed by atoms with Crippen LogP contribution in [0.1, 0.15) is 4.88 Å². The second-order valence-corrected chi connectivity index (χ2v) is 2.81. The fraction of sp³-hybridized carbons (Fsp3) is 0.167. The van der Waals surface area contributed by atoms with Crippen molar-refractivity contribution < 1.29 is 5.11 Å². The molecule has 0 spiro atoms. The lowest BCUT2D eigenvalue weighted by molar-refractivity contribution is 0.468. The van der Waals surface area contributed by atoms with Gasteiger partial charge in [0.2, 0.25) is 5.43 Å². The molecule has 1 N–H and O–H groups in total. The Morgan fingerprint density at radius 3 is 2.78 bits per heavy atom. The molecule has 0 saturated carbocycles. The van der Waals surface area contributed by atoms with Gasteiger partial charge < -0.3 is 5.11 Å². The van der Waals surface area contributed by atoms with Gasteiger partial charge in [-0.05, 0) is 18.4 Å². The Morgan fingerprint density at radius 2 is 2.33 bits per heavy atom. The van der Waals surface area contributed by atoms with E-state index in [1.165, 1.54) is 17.4 Å². The molecule has 0 saturated heterocycles. The van der Waals surface area contributed by atoms with Crippen molar-refractivity contribution in [3.63, 3.8) is 0 Å². The first kappa shape index (κ1) is 6.29. The van der Waals surface area contributed by atoms with Crippen molar-refractivity contribution in [3.8, 4) is 5.75 Å². The van der Waals surface area contributed by atoms with Crippen LogP contribution in [0, 0.1) is 6.92 Å². The third-order valence-electron chi connectivity index (χ3n) is 1.03. The quantitative estimate of drug-likeness (QED) is 0.589. The van der Waals surface area contributed by atoms with Crippen molar-refractivity contribution in [1.29, 1.82) is 0 Å². The molecule has 0 aromatic carbocycles. The van der Waals surface area contributed by atoms with Crippen LogP contribution in [0.5, 0.6) is 5.75 Å². The molecule has 0 fully saturated rings. The van der Waals surface area contributed by atoms with Gasteiger partial charge in [-0.15, -0.1) is 11.3 Å². The number of hydrogen-bond acceptors (Lipinski definition) is 3. The highest BCUT2D eigenvalue weighted by Crippen LogP contribution is 2.12. The van der Waals surface area contributed by atoms with Crippen LogP contribution in [0.4, 0.5) is 0 Å². The van der Waals surface area contributed by atoms with Crippen LogP contribution in [0.3, 0.4) is 0 Å². The predicted octanol–water partition coefficient (Wildman–Crippen LogP) is 1.12. The molecule has 0 unspecified atom stereocenters. The van der Waals surface area contributed by atoms with Gasteiger partial charge in [0, 0.05) is 4.88 Å².